The van der Waals surface area contributed by atoms with Gasteiger partial charge in [0, 0.05) is 55.3 Å². The number of aromatic nitrogens is 3. The Morgan fingerprint density at radius 2 is 1.97 bits per heavy atom. The summed E-state index contributed by atoms with van der Waals surface area (Å²) in [5, 5.41) is 3.31. The van der Waals surface area contributed by atoms with E-state index in [9.17, 15) is 4.79 Å². The van der Waals surface area contributed by atoms with Crippen molar-refractivity contribution < 1.29 is 4.79 Å². The molecule has 1 saturated carbocycles. The molecule has 0 unspecified atom stereocenters. The van der Waals surface area contributed by atoms with Gasteiger partial charge in [0.25, 0.3) is 5.91 Å². The van der Waals surface area contributed by atoms with Gasteiger partial charge in [0.2, 0.25) is 0 Å². The molecule has 1 amide bonds. The van der Waals surface area contributed by atoms with Crippen LogP contribution in [-0.4, -0.2) is 40.5 Å². The zero-order valence-corrected chi connectivity index (χ0v) is 17.4. The van der Waals surface area contributed by atoms with Gasteiger partial charge in [-0.1, -0.05) is 0 Å². The predicted octanol–water partition coefficient (Wildman–Crippen LogP) is 3.51. The van der Waals surface area contributed by atoms with Gasteiger partial charge in [-0.15, -0.1) is 0 Å². The number of nitrogens with zero attached hydrogens (tertiary/aromatic N) is 3. The summed E-state index contributed by atoms with van der Waals surface area (Å²) in [6.45, 7) is 0. The lowest BCUT2D eigenvalue weighted by atomic mass is 9.71. The van der Waals surface area contributed by atoms with Crippen LogP contribution in [-0.2, 0) is 19.3 Å². The number of H-pyrrole nitrogens is 1. The number of fused-ring (bicyclic) bond motifs is 5. The number of amides is 1. The molecule has 6 nitrogen and oxygen atoms in total. The summed E-state index contributed by atoms with van der Waals surface area (Å²) in [6, 6.07) is 6.23. The van der Waals surface area contributed by atoms with E-state index in [1.54, 1.807) is 0 Å². The molecule has 2 aliphatic carbocycles. The van der Waals surface area contributed by atoms with E-state index in [1.165, 1.54) is 23.1 Å². The Hall–Kier alpha value is -3.15. The fourth-order valence-corrected chi connectivity index (χ4v) is 5.21. The number of hydrogen-bond acceptors (Lipinski definition) is 4. The van der Waals surface area contributed by atoms with E-state index in [0.717, 1.165) is 66.1 Å². The monoisotopic (exact) mass is 399 g/mol. The Morgan fingerprint density at radius 1 is 1.10 bits per heavy atom. The average Bonchev–Trinajstić information content (AvgIpc) is 3.11. The zero-order valence-electron chi connectivity index (χ0n) is 17.4. The fourth-order valence-electron chi connectivity index (χ4n) is 5.21. The molecule has 0 aromatic carbocycles. The van der Waals surface area contributed by atoms with Crippen molar-refractivity contribution in [1.29, 1.82) is 0 Å². The first kappa shape index (κ1) is 17.7. The molecular weight excluding hydrogens is 374 g/mol. The van der Waals surface area contributed by atoms with Crippen LogP contribution in [0.1, 0.15) is 46.4 Å². The molecule has 0 atom stereocenters. The third kappa shape index (κ3) is 2.52. The van der Waals surface area contributed by atoms with Crippen molar-refractivity contribution in [2.75, 3.05) is 19.0 Å². The van der Waals surface area contributed by atoms with Crippen molar-refractivity contribution in [2.45, 2.75) is 44.1 Å². The molecule has 152 valence electrons. The number of anilines is 1. The van der Waals surface area contributed by atoms with Crippen LogP contribution < -0.4 is 10.2 Å². The maximum absolute atomic E-state index is 13.0. The van der Waals surface area contributed by atoms with Crippen LogP contribution in [0.3, 0.4) is 0 Å². The van der Waals surface area contributed by atoms with Gasteiger partial charge < -0.3 is 15.2 Å². The Kier molecular flexibility index (Phi) is 3.64. The van der Waals surface area contributed by atoms with Crippen molar-refractivity contribution in [3.05, 3.63) is 53.0 Å². The third-order valence-corrected chi connectivity index (χ3v) is 7.01. The highest BCUT2D eigenvalue weighted by molar-refractivity contribution is 6.01. The highest BCUT2D eigenvalue weighted by atomic mass is 16.2. The maximum Gasteiger partial charge on any atom is 0.253 e. The van der Waals surface area contributed by atoms with Gasteiger partial charge >= 0.3 is 0 Å². The smallest absolute Gasteiger partial charge is 0.253 e. The van der Waals surface area contributed by atoms with Crippen molar-refractivity contribution in [3.63, 3.8) is 0 Å². The predicted molar refractivity (Wildman–Crippen MR) is 117 cm³/mol. The number of nitrogens with one attached hydrogen (secondary N) is 2. The molecular formula is C24H25N5O. The van der Waals surface area contributed by atoms with E-state index >= 15 is 0 Å². The van der Waals surface area contributed by atoms with E-state index < -0.39 is 0 Å². The molecule has 6 rings (SSSR count). The minimum absolute atomic E-state index is 0.0103. The minimum atomic E-state index is -0.0103. The molecule has 3 aromatic rings. The molecule has 2 N–H and O–H groups in total. The number of rotatable bonds is 2. The van der Waals surface area contributed by atoms with E-state index in [2.05, 4.69) is 27.4 Å². The second-order valence-corrected chi connectivity index (χ2v) is 9.12. The second-order valence-electron chi connectivity index (χ2n) is 9.12. The van der Waals surface area contributed by atoms with E-state index in [4.69, 9.17) is 4.98 Å². The average molecular weight is 399 g/mol. The lowest BCUT2D eigenvalue weighted by molar-refractivity contribution is 0.0793. The number of carbonyl (C=O) groups is 1. The van der Waals surface area contributed by atoms with Crippen LogP contribution in [0.5, 0.6) is 0 Å². The molecule has 0 radical (unpaired) electrons. The molecule has 6 heteroatoms. The highest BCUT2D eigenvalue weighted by Gasteiger charge is 2.45. The normalized spacial score (nSPS) is 18.1. The van der Waals surface area contributed by atoms with Gasteiger partial charge in [0.15, 0.2) is 0 Å². The first-order chi connectivity index (χ1) is 14.5. The molecule has 0 saturated heterocycles. The second kappa shape index (κ2) is 6.17. The summed E-state index contributed by atoms with van der Waals surface area (Å²) in [5.74, 6) is 1.03. The molecule has 3 aromatic heterocycles. The van der Waals surface area contributed by atoms with Gasteiger partial charge in [-0.3, -0.25) is 9.78 Å². The largest absolute Gasteiger partial charge is 0.363 e. The Balaban J connectivity index is 1.43. The summed E-state index contributed by atoms with van der Waals surface area (Å²) < 4.78 is 0. The van der Waals surface area contributed by atoms with Gasteiger partial charge in [-0.2, -0.15) is 0 Å². The lowest BCUT2D eigenvalue weighted by Gasteiger charge is -2.45. The molecule has 1 aliphatic heterocycles. The molecule has 1 spiro atoms. The summed E-state index contributed by atoms with van der Waals surface area (Å²) in [4.78, 5) is 27.8. The van der Waals surface area contributed by atoms with Crippen LogP contribution in [0, 0.1) is 0 Å². The topological polar surface area (TPSA) is 73.9 Å². The number of pyridine rings is 2. The summed E-state index contributed by atoms with van der Waals surface area (Å²) >= 11 is 0. The Morgan fingerprint density at radius 3 is 2.67 bits per heavy atom. The zero-order chi connectivity index (χ0) is 20.5. The lowest BCUT2D eigenvalue weighted by Crippen LogP contribution is -2.57. The quantitative estimate of drug-likeness (QED) is 0.692. The van der Waals surface area contributed by atoms with Crippen molar-refractivity contribution in [1.82, 2.24) is 20.3 Å². The number of carbonyl (C=O) groups excluding carboxylic acids is 1. The summed E-state index contributed by atoms with van der Waals surface area (Å²) in [5.41, 5.74) is 8.59. The number of aromatic amines is 1. The Bertz CT molecular complexity index is 1170. The fraction of sp³-hybridized carbons (Fsp3) is 0.375. The van der Waals surface area contributed by atoms with Crippen molar-refractivity contribution >= 4 is 11.7 Å². The van der Waals surface area contributed by atoms with Crippen LogP contribution in [0.2, 0.25) is 0 Å². The molecule has 1 fully saturated rings. The summed E-state index contributed by atoms with van der Waals surface area (Å²) in [6.07, 6.45) is 9.96. The molecule has 0 bridgehead atoms. The van der Waals surface area contributed by atoms with Gasteiger partial charge in [0.1, 0.15) is 5.82 Å². The minimum Gasteiger partial charge on any atom is -0.363 e. The van der Waals surface area contributed by atoms with Gasteiger partial charge in [0.05, 0.1) is 17.0 Å². The molecule has 3 aliphatic rings. The molecule has 4 heterocycles. The van der Waals surface area contributed by atoms with Crippen LogP contribution >= 0.6 is 0 Å². The van der Waals surface area contributed by atoms with Gasteiger partial charge in [-0.25, -0.2) is 4.98 Å². The molecule has 30 heavy (non-hydrogen) atoms. The van der Waals surface area contributed by atoms with E-state index in [-0.39, 0.29) is 11.4 Å². The highest BCUT2D eigenvalue weighted by Crippen LogP contribution is 2.43. The number of hydrogen-bond donors (Lipinski definition) is 2. The first-order valence-corrected chi connectivity index (χ1v) is 10.7. The third-order valence-electron chi connectivity index (χ3n) is 7.01. The van der Waals surface area contributed by atoms with Gasteiger partial charge in [-0.05, 0) is 61.4 Å². The van der Waals surface area contributed by atoms with Crippen molar-refractivity contribution in [3.8, 4) is 22.5 Å². The number of aryl methyl sites for hydroxylation is 1. The van der Waals surface area contributed by atoms with E-state index in [0.29, 0.717) is 0 Å². The summed E-state index contributed by atoms with van der Waals surface area (Å²) in [7, 11) is 3.97. The van der Waals surface area contributed by atoms with Crippen LogP contribution in [0.4, 0.5) is 5.82 Å². The standard InChI is InChI=1S/C24H25N5O/c1-29(2)20-7-5-15(13-26-20)18-10-17-14(12-25-18)4-6-16-21-19(27-22(16)17)11-24(8-3-9-24)28-23(21)30/h5,7,10,12-13,27H,3-4,6,8-9,11H2,1-2H3,(H,28,30). The van der Waals surface area contributed by atoms with Crippen LogP contribution in [0.15, 0.2) is 30.6 Å². The Labute approximate surface area is 175 Å². The maximum atomic E-state index is 13.0. The van der Waals surface area contributed by atoms with E-state index in [1.807, 2.05) is 37.5 Å². The van der Waals surface area contributed by atoms with Crippen LogP contribution in [0.25, 0.3) is 22.5 Å². The SMILES string of the molecule is CN(C)c1ccc(-c2cc3c(cn2)CCc2c-3[nH]c3c2C(=O)NC2(CCC2)C3)cn1. The first-order valence-electron chi connectivity index (χ1n) is 10.7. The van der Waals surface area contributed by atoms with Crippen molar-refractivity contribution in [2.24, 2.45) is 0 Å².